The van der Waals surface area contributed by atoms with E-state index in [1.54, 1.807) is 18.3 Å². The number of nitrogens with two attached hydrogens (primary N) is 1. The molecular formula is C31H36FN5O2S. The maximum atomic E-state index is 14.3. The van der Waals surface area contributed by atoms with Crippen molar-refractivity contribution in [2.75, 3.05) is 31.9 Å². The summed E-state index contributed by atoms with van der Waals surface area (Å²) in [6.07, 6.45) is 8.69. The number of halogens is 1. The lowest BCUT2D eigenvalue weighted by molar-refractivity contribution is 0.116. The highest BCUT2D eigenvalue weighted by Gasteiger charge is 2.21. The molecule has 0 aliphatic carbocycles. The number of piperazine rings is 1. The lowest BCUT2D eigenvalue weighted by Gasteiger charge is -2.38. The summed E-state index contributed by atoms with van der Waals surface area (Å²) < 4.78 is 21.0. The highest BCUT2D eigenvalue weighted by atomic mass is 32.1. The summed E-state index contributed by atoms with van der Waals surface area (Å²) in [7, 11) is 0. The highest BCUT2D eigenvalue weighted by Crippen LogP contribution is 2.39. The van der Waals surface area contributed by atoms with Crippen LogP contribution in [-0.2, 0) is 6.54 Å². The third-order valence-electron chi connectivity index (χ3n) is 7.11. The molecule has 40 heavy (non-hydrogen) atoms. The largest absolute Gasteiger partial charge is 0.453 e. The minimum atomic E-state index is -0.507. The van der Waals surface area contributed by atoms with Gasteiger partial charge in [-0.25, -0.2) is 4.39 Å². The first-order valence-corrected chi connectivity index (χ1v) is 14.6. The van der Waals surface area contributed by atoms with Crippen LogP contribution >= 0.6 is 11.3 Å². The Morgan fingerprint density at radius 1 is 1.12 bits per heavy atom. The summed E-state index contributed by atoms with van der Waals surface area (Å²) in [6, 6.07) is 12.3. The van der Waals surface area contributed by atoms with E-state index in [0.717, 1.165) is 84.0 Å². The zero-order valence-electron chi connectivity index (χ0n) is 23.0. The number of aliphatic hydroxyl groups excluding tert-OH is 1. The van der Waals surface area contributed by atoms with Gasteiger partial charge in [-0.1, -0.05) is 31.9 Å². The Hall–Kier alpha value is -3.53. The average Bonchev–Trinajstić information content (AvgIpc) is 3.39. The van der Waals surface area contributed by atoms with Crippen molar-refractivity contribution < 1.29 is 14.2 Å². The van der Waals surface area contributed by atoms with Crippen molar-refractivity contribution in [1.29, 1.82) is 0 Å². The second-order valence-electron chi connectivity index (χ2n) is 10.2. The van der Waals surface area contributed by atoms with Crippen LogP contribution in [0.4, 0.5) is 10.1 Å². The van der Waals surface area contributed by atoms with Crippen LogP contribution in [0.15, 0.2) is 66.6 Å². The van der Waals surface area contributed by atoms with Gasteiger partial charge in [0.15, 0.2) is 11.6 Å². The number of hydrogen-bond acceptors (Lipinski definition) is 8. The minimum Gasteiger partial charge on any atom is -0.453 e. The van der Waals surface area contributed by atoms with Crippen molar-refractivity contribution in [2.24, 2.45) is 0 Å². The van der Waals surface area contributed by atoms with Crippen LogP contribution in [0.2, 0.25) is 0 Å². The van der Waals surface area contributed by atoms with Crippen molar-refractivity contribution in [2.45, 2.75) is 45.8 Å². The van der Waals surface area contributed by atoms with Gasteiger partial charge in [-0.15, -0.1) is 11.3 Å². The number of unbranched alkanes of at least 4 members (excludes halogenated alkanes) is 2. The lowest BCUT2D eigenvalue weighted by atomic mass is 10.1. The van der Waals surface area contributed by atoms with Gasteiger partial charge < -0.3 is 20.5 Å². The van der Waals surface area contributed by atoms with Gasteiger partial charge in [0.25, 0.3) is 0 Å². The molecule has 7 nitrogen and oxygen atoms in total. The fourth-order valence-corrected chi connectivity index (χ4v) is 5.99. The molecule has 0 amide bonds. The SMILES string of the molecule is CCCC/C=C(\C(C)O)N1CCN(Cc2ccc(-c3cc4nccc(Oc5ccc(N)cc5F)c4s3)nc2)CC1. The number of benzene rings is 1. The zero-order valence-corrected chi connectivity index (χ0v) is 23.8. The molecule has 1 aliphatic heterocycles. The molecule has 0 spiro atoms. The van der Waals surface area contributed by atoms with E-state index in [0.29, 0.717) is 11.4 Å². The van der Waals surface area contributed by atoms with E-state index in [-0.39, 0.29) is 5.75 Å². The van der Waals surface area contributed by atoms with Crippen LogP contribution in [0, 0.1) is 5.82 Å². The summed E-state index contributed by atoms with van der Waals surface area (Å²) in [6.45, 7) is 8.59. The van der Waals surface area contributed by atoms with Gasteiger partial charge in [0.2, 0.25) is 0 Å². The first-order chi connectivity index (χ1) is 19.4. The van der Waals surface area contributed by atoms with E-state index in [1.807, 2.05) is 25.3 Å². The number of thiophene rings is 1. The number of pyridine rings is 2. The number of nitrogens with zero attached hydrogens (tertiary/aromatic N) is 4. The first kappa shape index (κ1) is 28.0. The maximum Gasteiger partial charge on any atom is 0.167 e. The standard InChI is InChI=1S/C31H36FN5O2S/c1-3-4-5-6-27(21(2)38)37-15-13-36(14-16-37)20-22-7-9-25(35-19-22)30-18-26-31(40-30)29(11-12-34-26)39-28-10-8-23(33)17-24(28)32/h6-12,17-19,21,38H,3-5,13-16,20,33H2,1-2H3/b27-6+. The number of fused-ring (bicyclic) bond motifs is 1. The predicted octanol–water partition coefficient (Wildman–Crippen LogP) is 6.44. The van der Waals surface area contributed by atoms with E-state index >= 15 is 0 Å². The lowest BCUT2D eigenvalue weighted by Crippen LogP contribution is -2.46. The number of allylic oxidation sites excluding steroid dienone is 1. The molecule has 0 saturated carbocycles. The molecule has 0 bridgehead atoms. The maximum absolute atomic E-state index is 14.3. The predicted molar refractivity (Wildman–Crippen MR) is 160 cm³/mol. The Balaban J connectivity index is 1.23. The van der Waals surface area contributed by atoms with Crippen molar-refractivity contribution in [3.8, 4) is 22.1 Å². The Labute approximate surface area is 238 Å². The molecule has 0 radical (unpaired) electrons. The number of rotatable bonds is 10. The fraction of sp³-hybridized carbons (Fsp3) is 0.355. The van der Waals surface area contributed by atoms with Crippen LogP contribution in [-0.4, -0.2) is 57.2 Å². The number of hydrogen-bond donors (Lipinski definition) is 2. The molecule has 1 fully saturated rings. The molecule has 9 heteroatoms. The molecule has 5 rings (SSSR count). The minimum absolute atomic E-state index is 0.120. The Morgan fingerprint density at radius 3 is 2.65 bits per heavy atom. The summed E-state index contributed by atoms with van der Waals surface area (Å²) in [5.41, 5.74) is 9.87. The smallest absolute Gasteiger partial charge is 0.167 e. The van der Waals surface area contributed by atoms with Crippen molar-refractivity contribution >= 4 is 27.2 Å². The van der Waals surface area contributed by atoms with E-state index in [2.05, 4.69) is 33.8 Å². The summed E-state index contributed by atoms with van der Waals surface area (Å²) in [5, 5.41) is 10.3. The first-order valence-electron chi connectivity index (χ1n) is 13.8. The van der Waals surface area contributed by atoms with Gasteiger partial charge in [-0.2, -0.15) is 0 Å². The number of ether oxygens (including phenoxy) is 1. The molecule has 1 aliphatic rings. The average molecular weight is 562 g/mol. The molecular weight excluding hydrogens is 525 g/mol. The van der Waals surface area contributed by atoms with E-state index < -0.39 is 11.9 Å². The topological polar surface area (TPSA) is 87.7 Å². The van der Waals surface area contributed by atoms with Crippen molar-refractivity contribution in [3.63, 3.8) is 0 Å². The van der Waals surface area contributed by atoms with Crippen molar-refractivity contribution in [1.82, 2.24) is 19.8 Å². The van der Waals surface area contributed by atoms with Gasteiger partial charge in [-0.3, -0.25) is 14.9 Å². The zero-order chi connectivity index (χ0) is 28.1. The van der Waals surface area contributed by atoms with Gasteiger partial charge >= 0.3 is 0 Å². The Bertz CT molecular complexity index is 1460. The van der Waals surface area contributed by atoms with Gasteiger partial charge in [0.05, 0.1) is 26.9 Å². The molecule has 1 atom stereocenters. The number of anilines is 1. The number of aliphatic hydroxyl groups is 1. The van der Waals surface area contributed by atoms with E-state index in [1.165, 1.54) is 23.5 Å². The van der Waals surface area contributed by atoms with Gasteiger partial charge in [0, 0.05) is 68.6 Å². The van der Waals surface area contributed by atoms with Crippen molar-refractivity contribution in [3.05, 3.63) is 78.0 Å². The third-order valence-corrected chi connectivity index (χ3v) is 8.27. The normalized spacial score (nSPS) is 15.5. The van der Waals surface area contributed by atoms with Crippen LogP contribution in [0.1, 0.15) is 38.7 Å². The molecule has 210 valence electrons. The number of aromatic nitrogens is 2. The molecule has 3 aromatic heterocycles. The second-order valence-corrected chi connectivity index (χ2v) is 11.2. The molecule has 3 N–H and O–H groups in total. The second kappa shape index (κ2) is 12.8. The number of nitrogen functional groups attached to an aromatic ring is 1. The van der Waals surface area contributed by atoms with Gasteiger partial charge in [-0.05, 0) is 43.2 Å². The Morgan fingerprint density at radius 2 is 1.95 bits per heavy atom. The van der Waals surface area contributed by atoms with Crippen LogP contribution in [0.25, 0.3) is 20.8 Å². The van der Waals surface area contributed by atoms with Gasteiger partial charge in [0.1, 0.15) is 5.75 Å². The quantitative estimate of drug-likeness (QED) is 0.170. The molecule has 1 saturated heterocycles. The summed E-state index contributed by atoms with van der Waals surface area (Å²) >= 11 is 1.52. The third kappa shape index (κ3) is 6.60. The van der Waals surface area contributed by atoms with E-state index in [9.17, 15) is 9.50 Å². The highest BCUT2D eigenvalue weighted by molar-refractivity contribution is 7.22. The van der Waals surface area contributed by atoms with E-state index in [4.69, 9.17) is 15.5 Å². The molecule has 4 aromatic rings. The van der Waals surface area contributed by atoms with Crippen LogP contribution < -0.4 is 10.5 Å². The monoisotopic (exact) mass is 561 g/mol. The van der Waals surface area contributed by atoms with Crippen LogP contribution in [0.3, 0.4) is 0 Å². The Kier molecular flexibility index (Phi) is 8.94. The summed E-state index contributed by atoms with van der Waals surface area (Å²) in [4.78, 5) is 14.9. The molecule has 1 unspecified atom stereocenters. The fourth-order valence-electron chi connectivity index (χ4n) is 4.94. The molecule has 4 heterocycles. The molecule has 1 aromatic carbocycles. The summed E-state index contributed by atoms with van der Waals surface area (Å²) in [5.74, 6) is 0.154. The van der Waals surface area contributed by atoms with Crippen LogP contribution in [0.5, 0.6) is 11.5 Å².